The molecule has 6 nitrogen and oxygen atoms in total. The molecule has 1 spiro atoms. The fraction of sp³-hybridized carbons (Fsp3) is 0.462. The van der Waals surface area contributed by atoms with Crippen LogP contribution < -0.4 is 9.80 Å². The number of carbonyl (C=O) groups excluding carboxylic acids is 2. The van der Waals surface area contributed by atoms with Gasteiger partial charge in [-0.3, -0.25) is 14.5 Å². The summed E-state index contributed by atoms with van der Waals surface area (Å²) in [6.45, 7) is 5.70. The van der Waals surface area contributed by atoms with E-state index in [-0.39, 0.29) is 24.8 Å². The highest BCUT2D eigenvalue weighted by Crippen LogP contribution is 2.61. The molecule has 2 aromatic rings. The van der Waals surface area contributed by atoms with Gasteiger partial charge in [-0.15, -0.1) is 0 Å². The van der Waals surface area contributed by atoms with Crippen molar-refractivity contribution in [2.24, 2.45) is 5.92 Å². The lowest BCUT2D eigenvalue weighted by molar-refractivity contribution is -0.145. The molecule has 2 aromatic carbocycles. The van der Waals surface area contributed by atoms with Gasteiger partial charge in [-0.1, -0.05) is 25.1 Å². The number of anilines is 3. The molecule has 0 aromatic heterocycles. The highest BCUT2D eigenvalue weighted by Gasteiger charge is 2.66. The average molecular weight is 483 g/mol. The van der Waals surface area contributed by atoms with Crippen LogP contribution in [0.4, 0.5) is 21.2 Å². The summed E-state index contributed by atoms with van der Waals surface area (Å²) in [7, 11) is -3.25. The maximum absolute atomic E-state index is 15.7. The van der Waals surface area contributed by atoms with Gasteiger partial charge in [0.15, 0.2) is 5.60 Å². The lowest BCUT2D eigenvalue weighted by atomic mass is 9.82. The first-order chi connectivity index (χ1) is 16.2. The number of hydrogen-bond donors (Lipinski definition) is 1. The number of nitrogens with zero attached hydrogens (tertiary/aromatic N) is 2. The molecule has 2 saturated heterocycles. The second-order valence-electron chi connectivity index (χ2n) is 10.1. The first-order valence-corrected chi connectivity index (χ1v) is 15.0. The van der Waals surface area contributed by atoms with E-state index in [1.165, 1.54) is 0 Å². The molecule has 0 bridgehead atoms. The average Bonchev–Trinajstić information content (AvgIpc) is 3.42. The molecular weight excluding hydrogens is 451 g/mol. The molecule has 5 rings (SSSR count). The number of para-hydroxylation sites is 1. The predicted molar refractivity (Wildman–Crippen MR) is 131 cm³/mol. The number of ether oxygens (including phenoxy) is 1. The van der Waals surface area contributed by atoms with E-state index in [2.05, 4.69) is 0 Å². The van der Waals surface area contributed by atoms with E-state index in [0.717, 1.165) is 12.1 Å². The Morgan fingerprint density at radius 2 is 1.88 bits per heavy atom. The number of aliphatic hydroxyl groups is 1. The highest BCUT2D eigenvalue weighted by atomic mass is 28.4. The van der Waals surface area contributed by atoms with E-state index in [0.29, 0.717) is 29.9 Å². The summed E-state index contributed by atoms with van der Waals surface area (Å²) in [6, 6.07) is 15.0. The lowest BCUT2D eigenvalue weighted by Crippen LogP contribution is -2.44. The zero-order valence-electron chi connectivity index (χ0n) is 19.8. The van der Waals surface area contributed by atoms with Crippen molar-refractivity contribution in [2.45, 2.75) is 56.5 Å². The fourth-order valence-electron chi connectivity index (χ4n) is 6.28. The van der Waals surface area contributed by atoms with Crippen molar-refractivity contribution in [3.05, 3.63) is 54.1 Å². The van der Waals surface area contributed by atoms with E-state index < -0.39 is 31.6 Å². The molecule has 0 aliphatic carbocycles. The van der Waals surface area contributed by atoms with Gasteiger partial charge in [-0.2, -0.15) is 0 Å². The maximum atomic E-state index is 15.7. The SMILES string of the molecule is C[C@@H]1[C@@H]([Si](C)(C)F)[C@H](CCO)O[C@@]12C(=O)N(c1ccccc1)c1ccc(N3CCCC3=O)cc12. The van der Waals surface area contributed by atoms with Crippen LogP contribution in [0.15, 0.2) is 48.5 Å². The van der Waals surface area contributed by atoms with Gasteiger partial charge in [0.05, 0.1) is 11.8 Å². The van der Waals surface area contributed by atoms with Crippen molar-refractivity contribution in [3.63, 3.8) is 0 Å². The minimum absolute atomic E-state index is 0.0620. The summed E-state index contributed by atoms with van der Waals surface area (Å²) in [5.41, 5.74) is 0.993. The molecule has 3 heterocycles. The molecule has 180 valence electrons. The fourth-order valence-corrected chi connectivity index (χ4v) is 8.82. The zero-order chi connectivity index (χ0) is 24.3. The second-order valence-corrected chi connectivity index (χ2v) is 13.9. The van der Waals surface area contributed by atoms with Crippen LogP contribution in [0.5, 0.6) is 0 Å². The van der Waals surface area contributed by atoms with Gasteiger partial charge in [0.2, 0.25) is 14.3 Å². The molecule has 0 unspecified atom stereocenters. The van der Waals surface area contributed by atoms with Crippen LogP contribution in [0.1, 0.15) is 31.7 Å². The van der Waals surface area contributed by atoms with E-state index in [1.807, 2.05) is 55.5 Å². The van der Waals surface area contributed by atoms with E-state index in [1.54, 1.807) is 22.9 Å². The Morgan fingerprint density at radius 3 is 2.50 bits per heavy atom. The van der Waals surface area contributed by atoms with Gasteiger partial charge >= 0.3 is 0 Å². The molecule has 34 heavy (non-hydrogen) atoms. The van der Waals surface area contributed by atoms with Crippen LogP contribution in [-0.2, 0) is 19.9 Å². The molecular formula is C26H31FN2O4Si. The first-order valence-electron chi connectivity index (χ1n) is 12.0. The second kappa shape index (κ2) is 8.29. The van der Waals surface area contributed by atoms with Crippen molar-refractivity contribution < 1.29 is 23.5 Å². The Labute approximate surface area is 200 Å². The van der Waals surface area contributed by atoms with Crippen LogP contribution in [0.25, 0.3) is 0 Å². The molecule has 2 amide bonds. The van der Waals surface area contributed by atoms with Crippen LogP contribution >= 0.6 is 0 Å². The number of benzene rings is 2. The highest BCUT2D eigenvalue weighted by molar-refractivity contribution is 6.72. The van der Waals surface area contributed by atoms with Gasteiger partial charge in [0.1, 0.15) is 0 Å². The molecule has 1 N–H and O–H groups in total. The summed E-state index contributed by atoms with van der Waals surface area (Å²) < 4.78 is 22.2. The van der Waals surface area contributed by atoms with E-state index in [4.69, 9.17) is 4.74 Å². The van der Waals surface area contributed by atoms with Crippen LogP contribution in [0, 0.1) is 5.92 Å². The van der Waals surface area contributed by atoms with Gasteiger partial charge in [0, 0.05) is 48.0 Å². The van der Waals surface area contributed by atoms with E-state index >= 15 is 4.11 Å². The quantitative estimate of drug-likeness (QED) is 0.498. The maximum Gasteiger partial charge on any atom is 0.268 e. The predicted octanol–water partition coefficient (Wildman–Crippen LogP) is 4.65. The standard InChI is InChI=1S/C26H31FN2O4Si/c1-17-24(34(2,3)27)22(13-15-30)33-26(17)20-16-19(28-14-7-10-23(28)31)11-12-21(20)29(25(26)32)18-8-5-4-6-9-18/h4-6,8-9,11-12,16-17,22,24,30H,7,10,13-15H2,1-3H3/t17-,22+,24-,26+/m1/s1. The van der Waals surface area contributed by atoms with Gasteiger partial charge in [0.25, 0.3) is 5.91 Å². The number of amides is 2. The van der Waals surface area contributed by atoms with Crippen molar-refractivity contribution in [3.8, 4) is 0 Å². The molecule has 4 atom stereocenters. The molecule has 0 radical (unpaired) electrons. The Bertz CT molecular complexity index is 1120. The van der Waals surface area contributed by atoms with Crippen molar-refractivity contribution >= 4 is 37.3 Å². The number of hydrogen-bond acceptors (Lipinski definition) is 4. The van der Waals surface area contributed by atoms with Crippen molar-refractivity contribution in [2.75, 3.05) is 23.0 Å². The summed E-state index contributed by atoms with van der Waals surface area (Å²) in [6.07, 6.45) is 1.02. The molecule has 3 aliphatic heterocycles. The van der Waals surface area contributed by atoms with Crippen LogP contribution in [-0.4, -0.2) is 44.6 Å². The minimum atomic E-state index is -3.25. The third-order valence-electron chi connectivity index (χ3n) is 7.67. The number of aliphatic hydroxyl groups excluding tert-OH is 1. The first kappa shape index (κ1) is 23.2. The van der Waals surface area contributed by atoms with Crippen LogP contribution in [0.3, 0.4) is 0 Å². The molecule has 0 saturated carbocycles. The van der Waals surface area contributed by atoms with Gasteiger partial charge < -0.3 is 18.9 Å². The molecule has 3 aliphatic rings. The summed E-state index contributed by atoms with van der Waals surface area (Å²) in [4.78, 5) is 30.1. The van der Waals surface area contributed by atoms with Gasteiger partial charge in [-0.05, 0) is 56.3 Å². The smallest absolute Gasteiger partial charge is 0.268 e. The Morgan fingerprint density at radius 1 is 1.15 bits per heavy atom. The molecule has 8 heteroatoms. The number of rotatable bonds is 5. The monoisotopic (exact) mass is 482 g/mol. The Balaban J connectivity index is 1.70. The summed E-state index contributed by atoms with van der Waals surface area (Å²) in [5.74, 6) is -0.609. The van der Waals surface area contributed by atoms with Crippen molar-refractivity contribution in [1.82, 2.24) is 0 Å². The van der Waals surface area contributed by atoms with Crippen LogP contribution in [0.2, 0.25) is 18.6 Å². The van der Waals surface area contributed by atoms with E-state index in [9.17, 15) is 14.7 Å². The minimum Gasteiger partial charge on any atom is -0.396 e. The zero-order valence-corrected chi connectivity index (χ0v) is 20.8. The summed E-state index contributed by atoms with van der Waals surface area (Å²) in [5, 5.41) is 9.71. The normalized spacial score (nSPS) is 28.9. The topological polar surface area (TPSA) is 70.1 Å². The number of carbonyl (C=O) groups is 2. The Kier molecular flexibility index (Phi) is 5.65. The summed E-state index contributed by atoms with van der Waals surface area (Å²) >= 11 is 0. The largest absolute Gasteiger partial charge is 0.396 e. The number of halogens is 1. The third-order valence-corrected chi connectivity index (χ3v) is 10.1. The Hall–Kier alpha value is -2.55. The number of fused-ring (bicyclic) bond motifs is 2. The molecule has 2 fully saturated rings. The van der Waals surface area contributed by atoms with Gasteiger partial charge in [-0.25, -0.2) is 0 Å². The lowest BCUT2D eigenvalue weighted by Gasteiger charge is -2.31. The third kappa shape index (κ3) is 3.34. The van der Waals surface area contributed by atoms with Crippen molar-refractivity contribution in [1.29, 1.82) is 0 Å².